The second-order valence-electron chi connectivity index (χ2n) is 3.85. The molecule has 0 fully saturated rings. The van der Waals surface area contributed by atoms with Gasteiger partial charge >= 0.3 is 0 Å². The fraction of sp³-hybridized carbons (Fsp3) is 0.200. The van der Waals surface area contributed by atoms with E-state index in [4.69, 9.17) is 5.73 Å². The summed E-state index contributed by atoms with van der Waals surface area (Å²) in [5.41, 5.74) is 6.67. The minimum absolute atomic E-state index is 0.118. The summed E-state index contributed by atoms with van der Waals surface area (Å²) in [6, 6.07) is 3.16. The Kier molecular flexibility index (Phi) is 3.79. The fourth-order valence-corrected chi connectivity index (χ4v) is 4.21. The van der Waals surface area contributed by atoms with Gasteiger partial charge in [0, 0.05) is 10.2 Å². The molecular weight excluding hydrogens is 352 g/mol. The third-order valence-corrected chi connectivity index (χ3v) is 5.21. The first-order valence-corrected chi connectivity index (χ1v) is 8.27. The molecule has 0 bridgehead atoms. The molecule has 2 rings (SSSR count). The zero-order valence-electron chi connectivity index (χ0n) is 10.1. The van der Waals surface area contributed by atoms with Crippen molar-refractivity contribution in [1.29, 1.82) is 0 Å². The lowest BCUT2D eigenvalue weighted by Gasteiger charge is -2.10. The Bertz CT molecular complexity index is 727. The molecule has 0 spiro atoms. The molecule has 0 saturated heterocycles. The molecule has 0 radical (unpaired) electrons. The van der Waals surface area contributed by atoms with Crippen molar-refractivity contribution in [2.75, 3.05) is 10.5 Å². The van der Waals surface area contributed by atoms with E-state index in [0.29, 0.717) is 20.7 Å². The van der Waals surface area contributed by atoms with E-state index in [1.54, 1.807) is 19.9 Å². The van der Waals surface area contributed by atoms with Crippen molar-refractivity contribution in [1.82, 2.24) is 10.2 Å². The Balaban J connectivity index is 2.45. The van der Waals surface area contributed by atoms with Crippen molar-refractivity contribution in [3.05, 3.63) is 27.2 Å². The number of nitrogen functional groups attached to an aromatic ring is 1. The van der Waals surface area contributed by atoms with Gasteiger partial charge in [-0.25, -0.2) is 8.42 Å². The molecule has 1 aromatic heterocycles. The molecule has 3 N–H and O–H groups in total. The number of hydrogen-bond acceptors (Lipinski definition) is 6. The number of nitrogens with zero attached hydrogens (tertiary/aromatic N) is 2. The molecule has 0 saturated carbocycles. The average molecular weight is 363 g/mol. The van der Waals surface area contributed by atoms with E-state index in [0.717, 1.165) is 0 Å². The molecule has 0 amide bonds. The topological polar surface area (TPSA) is 98.0 Å². The SMILES string of the molecule is Cc1nnc(NS(=O)(=O)c2cc(Br)cc(N)c2C)s1. The number of aryl methyl sites for hydroxylation is 1. The summed E-state index contributed by atoms with van der Waals surface area (Å²) < 4.78 is 27.6. The smallest absolute Gasteiger partial charge is 0.264 e. The molecule has 9 heteroatoms. The van der Waals surface area contributed by atoms with E-state index >= 15 is 0 Å². The summed E-state index contributed by atoms with van der Waals surface area (Å²) in [4.78, 5) is 0.118. The highest BCUT2D eigenvalue weighted by molar-refractivity contribution is 9.10. The predicted molar refractivity (Wildman–Crippen MR) is 78.7 cm³/mol. The van der Waals surface area contributed by atoms with Crippen LogP contribution in [-0.2, 0) is 10.0 Å². The predicted octanol–water partition coefficient (Wildman–Crippen LogP) is 2.30. The lowest BCUT2D eigenvalue weighted by Crippen LogP contribution is -2.15. The summed E-state index contributed by atoms with van der Waals surface area (Å²) in [5, 5.41) is 8.41. The number of hydrogen-bond donors (Lipinski definition) is 2. The van der Waals surface area contributed by atoms with Crippen LogP contribution in [-0.4, -0.2) is 18.6 Å². The highest BCUT2D eigenvalue weighted by Gasteiger charge is 2.20. The second-order valence-corrected chi connectivity index (χ2v) is 7.60. The number of nitrogens with two attached hydrogens (primary N) is 1. The van der Waals surface area contributed by atoms with Crippen LogP contribution >= 0.6 is 27.3 Å². The van der Waals surface area contributed by atoms with E-state index in [1.165, 1.54) is 17.4 Å². The molecule has 2 aromatic rings. The summed E-state index contributed by atoms with van der Waals surface area (Å²) in [6.07, 6.45) is 0. The van der Waals surface area contributed by atoms with Crippen LogP contribution in [0.4, 0.5) is 10.8 Å². The highest BCUT2D eigenvalue weighted by Crippen LogP contribution is 2.28. The number of anilines is 2. The van der Waals surface area contributed by atoms with E-state index in [9.17, 15) is 8.42 Å². The molecule has 0 aliphatic carbocycles. The number of aromatic nitrogens is 2. The Labute approximate surface area is 123 Å². The van der Waals surface area contributed by atoms with Gasteiger partial charge in [-0.2, -0.15) is 0 Å². The van der Waals surface area contributed by atoms with Crippen LogP contribution in [0, 0.1) is 13.8 Å². The van der Waals surface area contributed by atoms with Crippen LogP contribution in [0.25, 0.3) is 0 Å². The van der Waals surface area contributed by atoms with Gasteiger partial charge < -0.3 is 5.73 Å². The van der Waals surface area contributed by atoms with Gasteiger partial charge in [-0.1, -0.05) is 27.3 Å². The number of benzene rings is 1. The molecule has 6 nitrogen and oxygen atoms in total. The van der Waals surface area contributed by atoms with Gasteiger partial charge in [-0.15, -0.1) is 10.2 Å². The molecule has 1 heterocycles. The van der Waals surface area contributed by atoms with Gasteiger partial charge in [-0.05, 0) is 31.5 Å². The molecular formula is C10H11BrN4O2S2. The zero-order valence-corrected chi connectivity index (χ0v) is 13.4. The van der Waals surface area contributed by atoms with Crippen LogP contribution < -0.4 is 10.5 Å². The third-order valence-electron chi connectivity index (χ3n) is 2.40. The van der Waals surface area contributed by atoms with E-state index < -0.39 is 10.0 Å². The monoisotopic (exact) mass is 362 g/mol. The summed E-state index contributed by atoms with van der Waals surface area (Å²) in [5.74, 6) is 0. The maximum absolute atomic E-state index is 12.3. The Morgan fingerprint density at radius 3 is 2.58 bits per heavy atom. The van der Waals surface area contributed by atoms with Crippen molar-refractivity contribution in [2.24, 2.45) is 0 Å². The Hall–Kier alpha value is -1.19. The summed E-state index contributed by atoms with van der Waals surface area (Å²) in [6.45, 7) is 3.40. The first-order chi connectivity index (χ1) is 8.79. The van der Waals surface area contributed by atoms with Gasteiger partial charge in [0.15, 0.2) is 0 Å². The molecule has 0 atom stereocenters. The first kappa shape index (κ1) is 14.2. The average Bonchev–Trinajstić information content (AvgIpc) is 2.68. The van der Waals surface area contributed by atoms with Gasteiger partial charge in [0.05, 0.1) is 4.90 Å². The van der Waals surface area contributed by atoms with E-state index in [-0.39, 0.29) is 10.0 Å². The lowest BCUT2D eigenvalue weighted by atomic mass is 10.2. The number of rotatable bonds is 3. The quantitative estimate of drug-likeness (QED) is 0.816. The van der Waals surface area contributed by atoms with Crippen molar-refractivity contribution in [3.8, 4) is 0 Å². The van der Waals surface area contributed by atoms with Gasteiger partial charge in [-0.3, -0.25) is 4.72 Å². The van der Waals surface area contributed by atoms with Crippen molar-refractivity contribution >= 4 is 48.1 Å². The third kappa shape index (κ3) is 3.04. The minimum Gasteiger partial charge on any atom is -0.398 e. The maximum Gasteiger partial charge on any atom is 0.264 e. The van der Waals surface area contributed by atoms with Gasteiger partial charge in [0.1, 0.15) is 5.01 Å². The summed E-state index contributed by atoms with van der Waals surface area (Å²) in [7, 11) is -3.73. The van der Waals surface area contributed by atoms with E-state index in [1.807, 2.05) is 0 Å². The lowest BCUT2D eigenvalue weighted by molar-refractivity contribution is 0.600. The molecule has 0 aliphatic rings. The number of sulfonamides is 1. The summed E-state index contributed by atoms with van der Waals surface area (Å²) >= 11 is 4.40. The standard InChI is InChI=1S/C10H11BrN4O2S2/c1-5-8(12)3-7(11)4-9(5)19(16,17)15-10-14-13-6(2)18-10/h3-4H,12H2,1-2H3,(H,14,15). The van der Waals surface area contributed by atoms with Crippen LogP contribution in [0.3, 0.4) is 0 Å². The number of halogens is 1. The molecule has 0 unspecified atom stereocenters. The highest BCUT2D eigenvalue weighted by atomic mass is 79.9. The minimum atomic E-state index is -3.73. The van der Waals surface area contributed by atoms with Crippen LogP contribution in [0.1, 0.15) is 10.6 Å². The number of nitrogens with one attached hydrogen (secondary N) is 1. The maximum atomic E-state index is 12.3. The van der Waals surface area contributed by atoms with E-state index in [2.05, 4.69) is 30.8 Å². The van der Waals surface area contributed by atoms with Crippen LogP contribution in [0.15, 0.2) is 21.5 Å². The van der Waals surface area contributed by atoms with Gasteiger partial charge in [0.2, 0.25) is 5.13 Å². The van der Waals surface area contributed by atoms with Crippen LogP contribution in [0.2, 0.25) is 0 Å². The Morgan fingerprint density at radius 2 is 2.00 bits per heavy atom. The Morgan fingerprint density at radius 1 is 1.32 bits per heavy atom. The molecule has 102 valence electrons. The second kappa shape index (κ2) is 5.06. The van der Waals surface area contributed by atoms with Gasteiger partial charge in [0.25, 0.3) is 10.0 Å². The van der Waals surface area contributed by atoms with Crippen molar-refractivity contribution in [3.63, 3.8) is 0 Å². The van der Waals surface area contributed by atoms with Crippen molar-refractivity contribution in [2.45, 2.75) is 18.7 Å². The molecule has 19 heavy (non-hydrogen) atoms. The molecule has 0 aliphatic heterocycles. The zero-order chi connectivity index (χ0) is 14.2. The first-order valence-electron chi connectivity index (χ1n) is 5.18. The van der Waals surface area contributed by atoms with Crippen LogP contribution in [0.5, 0.6) is 0 Å². The molecule has 1 aromatic carbocycles. The largest absolute Gasteiger partial charge is 0.398 e. The van der Waals surface area contributed by atoms with Crippen molar-refractivity contribution < 1.29 is 8.42 Å². The fourth-order valence-electron chi connectivity index (χ4n) is 1.46. The normalized spacial score (nSPS) is 11.5.